The minimum absolute atomic E-state index is 0.328. The molecule has 0 unspecified atom stereocenters. The first-order valence-corrected chi connectivity index (χ1v) is 7.43. The van der Waals surface area contributed by atoms with Crippen LogP contribution in [0.25, 0.3) is 0 Å². The monoisotopic (exact) mass is 269 g/mol. The highest BCUT2D eigenvalue weighted by molar-refractivity contribution is 7.99. The molecule has 2 rings (SSSR count). The summed E-state index contributed by atoms with van der Waals surface area (Å²) in [6.45, 7) is 4.15. The van der Waals surface area contributed by atoms with Gasteiger partial charge in [-0.15, -0.1) is 0 Å². The van der Waals surface area contributed by atoms with Gasteiger partial charge in [0.05, 0.1) is 0 Å². The lowest BCUT2D eigenvalue weighted by molar-refractivity contribution is 0.314. The summed E-state index contributed by atoms with van der Waals surface area (Å²) in [5.41, 5.74) is 6.07. The van der Waals surface area contributed by atoms with Crippen LogP contribution in [0.2, 0.25) is 0 Å². The van der Waals surface area contributed by atoms with Gasteiger partial charge in [-0.05, 0) is 11.5 Å². The summed E-state index contributed by atoms with van der Waals surface area (Å²) in [6, 6.07) is 2.08. The number of thioether (sulfide) groups is 1. The Morgan fingerprint density at radius 2 is 2.24 bits per heavy atom. The molecule has 0 spiro atoms. The average Bonchev–Trinajstić information content (AvgIpc) is 2.71. The predicted octanol–water partition coefficient (Wildman–Crippen LogP) is 1.06. The van der Waals surface area contributed by atoms with Crippen molar-refractivity contribution < 1.29 is 0 Å². The second-order valence-corrected chi connectivity index (χ2v) is 5.76. The van der Waals surface area contributed by atoms with Gasteiger partial charge in [-0.2, -0.15) is 21.4 Å². The van der Waals surface area contributed by atoms with Crippen LogP contribution >= 0.6 is 23.3 Å². The van der Waals surface area contributed by atoms with E-state index in [1.807, 2.05) is 11.8 Å². The van der Waals surface area contributed by atoms with Gasteiger partial charge in [0.1, 0.15) is 16.6 Å². The van der Waals surface area contributed by atoms with Crippen LogP contribution in [0, 0.1) is 11.3 Å². The van der Waals surface area contributed by atoms with Gasteiger partial charge in [0.15, 0.2) is 5.82 Å². The zero-order valence-corrected chi connectivity index (χ0v) is 11.1. The van der Waals surface area contributed by atoms with Crippen LogP contribution in [0.3, 0.4) is 0 Å². The number of nitrogens with one attached hydrogen (secondary N) is 1. The molecule has 1 aliphatic heterocycles. The highest BCUT2D eigenvalue weighted by atomic mass is 32.2. The summed E-state index contributed by atoms with van der Waals surface area (Å²) in [4.78, 5) is 2.43. The smallest absolute Gasteiger partial charge is 0.157 e. The first kappa shape index (κ1) is 12.5. The lowest BCUT2D eigenvalue weighted by Crippen LogP contribution is -2.36. The lowest BCUT2D eigenvalue weighted by atomic mass is 10.3. The molecule has 1 aliphatic rings. The summed E-state index contributed by atoms with van der Waals surface area (Å²) < 4.78 is 3.97. The second kappa shape index (κ2) is 6.10. The third kappa shape index (κ3) is 3.25. The topological polar surface area (TPSA) is 78.0 Å². The maximum atomic E-state index is 8.92. The molecular weight excluding hydrogens is 254 g/mol. The Bertz CT molecular complexity index is 405. The van der Waals surface area contributed by atoms with Crippen molar-refractivity contribution in [3.63, 3.8) is 0 Å². The zero-order valence-electron chi connectivity index (χ0n) is 9.48. The first-order chi connectivity index (χ1) is 8.31. The molecule has 3 N–H and O–H groups in total. The Kier molecular flexibility index (Phi) is 4.48. The molecule has 0 aromatic carbocycles. The van der Waals surface area contributed by atoms with Crippen molar-refractivity contribution in [2.45, 2.75) is 0 Å². The third-order valence-electron chi connectivity index (χ3n) is 2.65. The Balaban J connectivity index is 1.79. The molecule has 0 atom stereocenters. The Hall–Kier alpha value is -0.970. The molecule has 92 valence electrons. The summed E-state index contributed by atoms with van der Waals surface area (Å²) in [6.07, 6.45) is 0. The van der Waals surface area contributed by atoms with Gasteiger partial charge >= 0.3 is 0 Å². The molecule has 1 aromatic heterocycles. The third-order valence-corrected chi connectivity index (χ3v) is 4.41. The van der Waals surface area contributed by atoms with Crippen molar-refractivity contribution >= 4 is 34.1 Å². The number of hydrogen-bond donors (Lipinski definition) is 2. The van der Waals surface area contributed by atoms with Gasteiger partial charge in [-0.25, -0.2) is 0 Å². The molecule has 0 radical (unpaired) electrons. The molecule has 7 heteroatoms. The highest BCUT2D eigenvalue weighted by Gasteiger charge is 2.12. The quantitative estimate of drug-likeness (QED) is 0.851. The van der Waals surface area contributed by atoms with E-state index in [2.05, 4.69) is 20.7 Å². The van der Waals surface area contributed by atoms with Gasteiger partial charge in [-0.1, -0.05) is 0 Å². The van der Waals surface area contributed by atoms with E-state index in [4.69, 9.17) is 11.0 Å². The maximum Gasteiger partial charge on any atom is 0.157 e. The molecule has 2 heterocycles. The van der Waals surface area contributed by atoms with Crippen molar-refractivity contribution in [2.24, 2.45) is 0 Å². The van der Waals surface area contributed by atoms with Crippen molar-refractivity contribution in [3.05, 3.63) is 5.56 Å². The fourth-order valence-electron chi connectivity index (χ4n) is 1.68. The van der Waals surface area contributed by atoms with E-state index in [0.717, 1.165) is 31.2 Å². The van der Waals surface area contributed by atoms with Gasteiger partial charge in [0, 0.05) is 37.7 Å². The van der Waals surface area contributed by atoms with Gasteiger partial charge in [-0.3, -0.25) is 4.90 Å². The minimum Gasteiger partial charge on any atom is -0.382 e. The van der Waals surface area contributed by atoms with E-state index in [1.165, 1.54) is 23.0 Å². The van der Waals surface area contributed by atoms with Crippen LogP contribution in [0.15, 0.2) is 0 Å². The number of nitrogens with zero attached hydrogens (tertiary/aromatic N) is 3. The van der Waals surface area contributed by atoms with E-state index < -0.39 is 0 Å². The van der Waals surface area contributed by atoms with Crippen LogP contribution in [0.5, 0.6) is 0 Å². The van der Waals surface area contributed by atoms with Gasteiger partial charge in [0.25, 0.3) is 0 Å². The molecule has 5 nitrogen and oxygen atoms in total. The van der Waals surface area contributed by atoms with E-state index in [-0.39, 0.29) is 0 Å². The van der Waals surface area contributed by atoms with Crippen LogP contribution in [-0.4, -0.2) is 47.0 Å². The van der Waals surface area contributed by atoms with Crippen LogP contribution in [0.1, 0.15) is 5.56 Å². The summed E-state index contributed by atoms with van der Waals surface area (Å²) >= 11 is 3.26. The number of rotatable bonds is 4. The first-order valence-electron chi connectivity index (χ1n) is 5.50. The van der Waals surface area contributed by atoms with Gasteiger partial charge < -0.3 is 11.1 Å². The summed E-state index contributed by atoms with van der Waals surface area (Å²) in [7, 11) is 0. The normalized spacial score (nSPS) is 16.6. The highest BCUT2D eigenvalue weighted by Crippen LogP contribution is 2.25. The molecule has 1 saturated heterocycles. The molecular formula is C10H15N5S2. The average molecular weight is 269 g/mol. The molecule has 17 heavy (non-hydrogen) atoms. The zero-order chi connectivity index (χ0) is 12.1. The van der Waals surface area contributed by atoms with E-state index >= 15 is 0 Å². The Labute approximate surface area is 109 Å². The lowest BCUT2D eigenvalue weighted by Gasteiger charge is -2.26. The maximum absolute atomic E-state index is 8.92. The number of nitrogens with two attached hydrogens (primary N) is 1. The van der Waals surface area contributed by atoms with Gasteiger partial charge in [0.2, 0.25) is 0 Å². The number of nitrogen functional groups attached to an aromatic ring is 1. The predicted molar refractivity (Wildman–Crippen MR) is 73.5 cm³/mol. The molecule has 0 bridgehead atoms. The molecule has 0 amide bonds. The van der Waals surface area contributed by atoms with Crippen molar-refractivity contribution in [2.75, 3.05) is 48.7 Å². The van der Waals surface area contributed by atoms with Crippen molar-refractivity contribution in [1.29, 1.82) is 5.26 Å². The Morgan fingerprint density at radius 3 is 2.94 bits per heavy atom. The van der Waals surface area contributed by atoms with Crippen molar-refractivity contribution in [3.8, 4) is 6.07 Å². The standard InChI is InChI=1S/C10H15N5S2/c11-7-8-9(12)14-17-10(8)13-1-2-15-3-5-16-6-4-15/h13H,1-6H2,(H2,12,14). The number of hydrogen-bond acceptors (Lipinski definition) is 7. The SMILES string of the molecule is N#Cc1c(N)nsc1NCCN1CCSCC1. The molecule has 0 aliphatic carbocycles. The fraction of sp³-hybridized carbons (Fsp3) is 0.600. The largest absolute Gasteiger partial charge is 0.382 e. The van der Waals surface area contributed by atoms with E-state index in [1.54, 1.807) is 0 Å². The molecule has 0 saturated carbocycles. The number of nitriles is 1. The van der Waals surface area contributed by atoms with Crippen LogP contribution in [0.4, 0.5) is 10.8 Å². The van der Waals surface area contributed by atoms with Crippen LogP contribution in [-0.2, 0) is 0 Å². The van der Waals surface area contributed by atoms with Crippen LogP contribution < -0.4 is 11.1 Å². The minimum atomic E-state index is 0.328. The van der Waals surface area contributed by atoms with E-state index in [9.17, 15) is 0 Å². The number of aromatic nitrogens is 1. The molecule has 1 aromatic rings. The summed E-state index contributed by atoms with van der Waals surface area (Å²) in [5.74, 6) is 2.77. The second-order valence-electron chi connectivity index (χ2n) is 3.76. The Morgan fingerprint density at radius 1 is 1.47 bits per heavy atom. The fourth-order valence-corrected chi connectivity index (χ4v) is 3.35. The molecule has 1 fully saturated rings. The number of anilines is 2. The van der Waals surface area contributed by atoms with Crippen molar-refractivity contribution in [1.82, 2.24) is 9.27 Å². The summed E-state index contributed by atoms with van der Waals surface area (Å²) in [5, 5.41) is 12.9. The van der Waals surface area contributed by atoms with E-state index in [0.29, 0.717) is 11.4 Å².